The zero-order valence-electron chi connectivity index (χ0n) is 7.03. The smallest absolute Gasteiger partial charge is 0.0993 e. The van der Waals surface area contributed by atoms with E-state index in [4.69, 9.17) is 7.74 Å². The Bertz CT molecular complexity index is 58.4. The van der Waals surface area contributed by atoms with Crippen LogP contribution in [0.15, 0.2) is 0 Å². The molecule has 0 saturated carbocycles. The molecule has 0 bridgehead atoms. The van der Waals surface area contributed by atoms with Crippen molar-refractivity contribution in [1.29, 1.82) is 0 Å². The van der Waals surface area contributed by atoms with Crippen molar-refractivity contribution in [3.05, 3.63) is 0 Å². The summed E-state index contributed by atoms with van der Waals surface area (Å²) in [5.74, 6) is 0. The molecule has 0 amide bonds. The molecule has 0 heterocycles. The number of rotatable bonds is 8. The maximum atomic E-state index is 5.13. The lowest BCUT2D eigenvalue weighted by molar-refractivity contribution is 1.45. The van der Waals surface area contributed by atoms with Gasteiger partial charge in [0.1, 0.15) is 0 Å². The van der Waals surface area contributed by atoms with Crippen LogP contribution in [0, 0.1) is 0 Å². The summed E-state index contributed by atoms with van der Waals surface area (Å²) in [6, 6.07) is 0. The second-order valence-corrected chi connectivity index (χ2v) is 2.13. The van der Waals surface area contributed by atoms with Crippen molar-refractivity contribution >= 4 is 57.5 Å². The molecule has 0 saturated heterocycles. The Morgan fingerprint density at radius 1 is 1.09 bits per heavy atom. The van der Waals surface area contributed by atoms with Gasteiger partial charge >= 0.3 is 0 Å². The normalized spacial score (nSPS) is 7.73. The summed E-state index contributed by atoms with van der Waals surface area (Å²) < 4.78 is 0. The molecule has 0 fully saturated rings. The number of hydrogen-bond acceptors (Lipinski definition) is 0. The lowest BCUT2D eigenvalue weighted by Gasteiger charge is -1.93. The minimum Gasteiger partial charge on any atom is -0.115 e. The first-order valence-corrected chi connectivity index (χ1v) is 3.93. The molecule has 0 aromatic heterocycles. The average molecular weight is 130 g/mol. The molecule has 0 spiro atoms. The van der Waals surface area contributed by atoms with E-state index >= 15 is 0 Å². The Morgan fingerprint density at radius 3 is 2.45 bits per heavy atom. The van der Waals surface area contributed by atoms with E-state index in [1.807, 2.05) is 21.2 Å². The third-order valence-corrected chi connectivity index (χ3v) is 1.17. The van der Waals surface area contributed by atoms with E-state index < -0.39 is 0 Å². The van der Waals surface area contributed by atoms with Gasteiger partial charge in [-0.15, -0.1) is 6.22 Å². The Hall–Kier alpha value is 0.519. The van der Waals surface area contributed by atoms with Gasteiger partial charge in [-0.3, -0.25) is 0 Å². The molecule has 9 radical (unpaired) electrons. The molecule has 0 aliphatic heterocycles. The van der Waals surface area contributed by atoms with E-state index in [2.05, 4.69) is 21.4 Å². The van der Waals surface area contributed by atoms with Gasteiger partial charge in [0.2, 0.25) is 0 Å². The van der Waals surface area contributed by atoms with Crippen molar-refractivity contribution in [1.82, 2.24) is 0 Å². The highest BCUT2D eigenvalue weighted by Gasteiger charge is 1.94. The van der Waals surface area contributed by atoms with Crippen LogP contribution >= 0.6 is 0 Å². The largest absolute Gasteiger partial charge is 0.115 e. The van der Waals surface area contributed by atoms with Crippen molar-refractivity contribution in [2.75, 3.05) is 0 Å². The van der Waals surface area contributed by atoms with Crippen LogP contribution in [-0.2, 0) is 0 Å². The molecule has 43 valence electrons. The zero-order chi connectivity index (χ0) is 8.36. The lowest BCUT2D eigenvalue weighted by atomic mass is 8.94. The molecule has 0 aliphatic carbocycles. The highest BCUT2D eigenvalue weighted by atomic mass is 13.4. The summed E-state index contributed by atoms with van der Waals surface area (Å²) in [5, 5.41) is 0. The Morgan fingerprint density at radius 2 is 1.82 bits per heavy atom. The van der Waals surface area contributed by atoms with Crippen molar-refractivity contribution < 1.29 is 0 Å². The van der Waals surface area contributed by atoms with E-state index in [0.29, 0.717) is 0 Å². The lowest BCUT2D eigenvalue weighted by Crippen LogP contribution is -2.26. The second-order valence-electron chi connectivity index (χ2n) is 2.13. The number of hydrogen-bond donors (Lipinski definition) is 0. The van der Waals surface area contributed by atoms with E-state index in [1.165, 1.54) is 7.06 Å². The highest BCUT2D eigenvalue weighted by molar-refractivity contribution is 7.62. The first kappa shape index (κ1) is 11.5. The van der Waals surface area contributed by atoms with Crippen LogP contribution in [0.4, 0.5) is 0 Å². The topological polar surface area (TPSA) is 0 Å². The molecular formula is C3H7B8. The molecule has 11 heavy (non-hydrogen) atoms. The SMILES string of the molecule is [B][B][B][B][B][B][B]C[B]CC. The third kappa shape index (κ3) is 10.5. The minimum absolute atomic E-state index is 1.05. The van der Waals surface area contributed by atoms with E-state index in [9.17, 15) is 0 Å². The Balaban J connectivity index is 2.69. The predicted molar refractivity (Wildman–Crippen MR) is 61.3 cm³/mol. The van der Waals surface area contributed by atoms with Crippen LogP contribution in [0.25, 0.3) is 0 Å². The fraction of sp³-hybridized carbons (Fsp3) is 1.00. The van der Waals surface area contributed by atoms with E-state index in [0.717, 1.165) is 12.5 Å². The summed E-state index contributed by atoms with van der Waals surface area (Å²) in [6.07, 6.45) is 2.18. The van der Waals surface area contributed by atoms with Gasteiger partial charge < -0.3 is 0 Å². The third-order valence-electron chi connectivity index (χ3n) is 1.17. The highest BCUT2D eigenvalue weighted by Crippen LogP contribution is 1.79. The Kier molecular flexibility index (Phi) is 11.0. The average Bonchev–Trinajstić information content (AvgIpc) is 2.03. The predicted octanol–water partition coefficient (Wildman–Crippen LogP) is -1.61. The molecule has 0 unspecified atom stereocenters. The van der Waals surface area contributed by atoms with Gasteiger partial charge in [-0.25, -0.2) is 0 Å². The maximum absolute atomic E-state index is 5.13. The monoisotopic (exact) mass is 131 g/mol. The standard InChI is InChI=1S/C3H7B8/c1-2-5-3-6-8-10-11-9-7-4/h2-3H2,1H3. The Labute approximate surface area is 77.4 Å². The first-order chi connectivity index (χ1) is 5.41. The summed E-state index contributed by atoms with van der Waals surface area (Å²) in [7, 11) is 18.7. The van der Waals surface area contributed by atoms with Crippen molar-refractivity contribution in [2.24, 2.45) is 0 Å². The van der Waals surface area contributed by atoms with Gasteiger partial charge in [0.15, 0.2) is 0 Å². The fourth-order valence-corrected chi connectivity index (χ4v) is 0.612. The van der Waals surface area contributed by atoms with Crippen molar-refractivity contribution in [2.45, 2.75) is 19.5 Å². The molecule has 0 aromatic carbocycles. The van der Waals surface area contributed by atoms with E-state index in [-0.39, 0.29) is 0 Å². The van der Waals surface area contributed by atoms with Crippen LogP contribution in [0.5, 0.6) is 0 Å². The molecule has 0 aromatic rings. The van der Waals surface area contributed by atoms with Crippen molar-refractivity contribution in [3.63, 3.8) is 0 Å². The quantitative estimate of drug-likeness (QED) is 0.273. The van der Waals surface area contributed by atoms with Gasteiger partial charge in [0, 0.05) is 50.2 Å². The van der Waals surface area contributed by atoms with Crippen LogP contribution in [0.2, 0.25) is 12.5 Å². The molecule has 0 aliphatic rings. The fourth-order valence-electron chi connectivity index (χ4n) is 0.612. The van der Waals surface area contributed by atoms with Gasteiger partial charge in [-0.2, -0.15) is 0 Å². The van der Waals surface area contributed by atoms with Crippen molar-refractivity contribution in [3.8, 4) is 0 Å². The van der Waals surface area contributed by atoms with E-state index in [1.54, 1.807) is 7.06 Å². The summed E-state index contributed by atoms with van der Waals surface area (Å²) in [5.41, 5.74) is 0. The molecule has 0 atom stereocenters. The van der Waals surface area contributed by atoms with Gasteiger partial charge in [0.25, 0.3) is 0 Å². The molecule has 0 rings (SSSR count). The second kappa shape index (κ2) is 10.5. The minimum atomic E-state index is 1.05. The first-order valence-electron chi connectivity index (χ1n) is 3.93. The molecule has 0 nitrogen and oxygen atoms in total. The molecular weight excluding hydrogens is 123 g/mol. The summed E-state index contributed by atoms with van der Waals surface area (Å²) in [6.45, 7) is 2.14. The van der Waals surface area contributed by atoms with Crippen LogP contribution < -0.4 is 0 Å². The molecule has 8 heteroatoms. The van der Waals surface area contributed by atoms with Gasteiger partial charge in [-0.1, -0.05) is 13.2 Å². The molecule has 0 N–H and O–H groups in total. The van der Waals surface area contributed by atoms with Crippen LogP contribution in [0.3, 0.4) is 0 Å². The van der Waals surface area contributed by atoms with Gasteiger partial charge in [-0.05, 0) is 0 Å². The maximum Gasteiger partial charge on any atom is 0.0993 e. The van der Waals surface area contributed by atoms with Crippen LogP contribution in [-0.4, -0.2) is 57.5 Å². The van der Waals surface area contributed by atoms with Crippen LogP contribution in [0.1, 0.15) is 6.92 Å². The summed E-state index contributed by atoms with van der Waals surface area (Å²) >= 11 is 0. The van der Waals surface area contributed by atoms with Gasteiger partial charge in [0.05, 0.1) is 7.28 Å². The zero-order valence-corrected chi connectivity index (χ0v) is 7.03. The summed E-state index contributed by atoms with van der Waals surface area (Å²) in [4.78, 5) is 0.